The minimum Gasteiger partial charge on any atom is -0.379 e. The van der Waals surface area contributed by atoms with E-state index in [2.05, 4.69) is 21.0 Å². The highest BCUT2D eigenvalue weighted by Crippen LogP contribution is 2.25. The minimum absolute atomic E-state index is 0.0588. The third-order valence-electron chi connectivity index (χ3n) is 4.83. The van der Waals surface area contributed by atoms with E-state index in [0.29, 0.717) is 19.8 Å². The number of sulfonamides is 1. The van der Waals surface area contributed by atoms with E-state index in [1.54, 1.807) is 35.6 Å². The van der Waals surface area contributed by atoms with Gasteiger partial charge in [-0.05, 0) is 30.5 Å². The highest BCUT2D eigenvalue weighted by atomic mass is 32.2. The lowest BCUT2D eigenvalue weighted by molar-refractivity contribution is -0.121. The van der Waals surface area contributed by atoms with Gasteiger partial charge in [0, 0.05) is 37.5 Å². The van der Waals surface area contributed by atoms with Crippen LogP contribution in [0.2, 0.25) is 0 Å². The standard InChI is InChI=1S/C20H27N3O4S2/c1-16-4-6-17(7-5-16)29(25,26)22-9-8-20(24)21-15-18(19-3-2-14-28-19)23-10-12-27-13-11-23/h2-7,14,18,22H,8-13,15H2,1H3,(H,21,24)/t18-/m1/s1. The van der Waals surface area contributed by atoms with Crippen LogP contribution < -0.4 is 10.0 Å². The van der Waals surface area contributed by atoms with Crippen molar-refractivity contribution in [2.24, 2.45) is 0 Å². The normalized spacial score (nSPS) is 16.4. The van der Waals surface area contributed by atoms with Gasteiger partial charge in [0.2, 0.25) is 15.9 Å². The Kier molecular flexibility index (Phi) is 7.79. The van der Waals surface area contributed by atoms with Crippen molar-refractivity contribution < 1.29 is 17.9 Å². The lowest BCUT2D eigenvalue weighted by Crippen LogP contribution is -2.43. The Bertz CT molecular complexity index is 877. The Balaban J connectivity index is 1.48. The van der Waals surface area contributed by atoms with Crippen LogP contribution in [0.3, 0.4) is 0 Å². The van der Waals surface area contributed by atoms with Crippen molar-refractivity contribution >= 4 is 27.3 Å². The van der Waals surface area contributed by atoms with Gasteiger partial charge in [0.25, 0.3) is 0 Å². The maximum absolute atomic E-state index is 12.3. The minimum atomic E-state index is -3.61. The van der Waals surface area contributed by atoms with E-state index in [-0.39, 0.29) is 29.8 Å². The van der Waals surface area contributed by atoms with Crippen molar-refractivity contribution in [2.45, 2.75) is 24.3 Å². The Morgan fingerprint density at radius 1 is 1.21 bits per heavy atom. The number of carbonyl (C=O) groups excluding carboxylic acids is 1. The van der Waals surface area contributed by atoms with E-state index < -0.39 is 10.0 Å². The van der Waals surface area contributed by atoms with Gasteiger partial charge in [-0.1, -0.05) is 23.8 Å². The van der Waals surface area contributed by atoms with Gasteiger partial charge in [-0.15, -0.1) is 11.3 Å². The summed E-state index contributed by atoms with van der Waals surface area (Å²) in [6.45, 7) is 5.48. The number of amides is 1. The van der Waals surface area contributed by atoms with Crippen molar-refractivity contribution in [1.29, 1.82) is 0 Å². The van der Waals surface area contributed by atoms with Gasteiger partial charge in [-0.25, -0.2) is 13.1 Å². The first-order chi connectivity index (χ1) is 14.0. The maximum atomic E-state index is 12.3. The molecule has 1 atom stereocenters. The molecular formula is C20H27N3O4S2. The molecule has 2 N–H and O–H groups in total. The molecule has 0 radical (unpaired) electrons. The smallest absolute Gasteiger partial charge is 0.240 e. The number of thiophene rings is 1. The number of hydrogen-bond donors (Lipinski definition) is 2. The van der Waals surface area contributed by atoms with E-state index in [4.69, 9.17) is 4.74 Å². The van der Waals surface area contributed by atoms with Gasteiger partial charge in [-0.2, -0.15) is 0 Å². The second-order valence-corrected chi connectivity index (χ2v) is 9.69. The molecule has 7 nitrogen and oxygen atoms in total. The molecule has 0 aliphatic carbocycles. The number of rotatable bonds is 9. The van der Waals surface area contributed by atoms with E-state index in [0.717, 1.165) is 18.7 Å². The molecular weight excluding hydrogens is 410 g/mol. The van der Waals surface area contributed by atoms with Crippen LogP contribution >= 0.6 is 11.3 Å². The number of benzene rings is 1. The number of ether oxygens (including phenoxy) is 1. The molecule has 0 bridgehead atoms. The molecule has 3 rings (SSSR count). The van der Waals surface area contributed by atoms with Crippen LogP contribution in [0.1, 0.15) is 22.9 Å². The molecule has 0 spiro atoms. The first-order valence-electron chi connectivity index (χ1n) is 9.64. The predicted molar refractivity (Wildman–Crippen MR) is 113 cm³/mol. The average molecular weight is 438 g/mol. The van der Waals surface area contributed by atoms with Gasteiger partial charge in [0.05, 0.1) is 24.2 Å². The van der Waals surface area contributed by atoms with Gasteiger partial charge < -0.3 is 10.1 Å². The van der Waals surface area contributed by atoms with Crippen LogP contribution in [-0.4, -0.2) is 58.6 Å². The molecule has 2 heterocycles. The molecule has 0 saturated carbocycles. The van der Waals surface area contributed by atoms with Crippen LogP contribution in [0.15, 0.2) is 46.7 Å². The summed E-state index contributed by atoms with van der Waals surface area (Å²) in [7, 11) is -3.61. The highest BCUT2D eigenvalue weighted by molar-refractivity contribution is 7.89. The summed E-state index contributed by atoms with van der Waals surface area (Å²) in [5, 5.41) is 4.98. The lowest BCUT2D eigenvalue weighted by atomic mass is 10.2. The summed E-state index contributed by atoms with van der Waals surface area (Å²) in [6, 6.07) is 10.8. The zero-order valence-corrected chi connectivity index (χ0v) is 18.1. The maximum Gasteiger partial charge on any atom is 0.240 e. The SMILES string of the molecule is Cc1ccc(S(=O)(=O)NCCC(=O)NC[C@H](c2cccs2)N2CCOCC2)cc1. The molecule has 0 unspecified atom stereocenters. The predicted octanol–water partition coefficient (Wildman–Crippen LogP) is 1.91. The molecule has 1 aliphatic heterocycles. The number of nitrogens with zero attached hydrogens (tertiary/aromatic N) is 1. The largest absolute Gasteiger partial charge is 0.379 e. The van der Waals surface area contributed by atoms with Crippen molar-refractivity contribution in [1.82, 2.24) is 14.9 Å². The summed E-state index contributed by atoms with van der Waals surface area (Å²) in [6.07, 6.45) is 0.0887. The van der Waals surface area contributed by atoms with Crippen molar-refractivity contribution in [2.75, 3.05) is 39.4 Å². The number of aryl methyl sites for hydroxylation is 1. The van der Waals surface area contributed by atoms with E-state index in [9.17, 15) is 13.2 Å². The van der Waals surface area contributed by atoms with E-state index in [1.165, 1.54) is 4.88 Å². The first-order valence-corrected chi connectivity index (χ1v) is 12.0. The number of carbonyl (C=O) groups is 1. The molecule has 2 aromatic rings. The molecule has 1 saturated heterocycles. The third kappa shape index (κ3) is 6.35. The molecule has 1 aromatic heterocycles. The van der Waals surface area contributed by atoms with Crippen molar-refractivity contribution in [3.8, 4) is 0 Å². The Labute approximate surface area is 176 Å². The van der Waals surface area contributed by atoms with Crippen LogP contribution in [0.5, 0.6) is 0 Å². The molecule has 158 valence electrons. The van der Waals surface area contributed by atoms with E-state index >= 15 is 0 Å². The molecule has 1 aromatic carbocycles. The number of hydrogen-bond acceptors (Lipinski definition) is 6. The van der Waals surface area contributed by atoms with Crippen LogP contribution in [0.25, 0.3) is 0 Å². The zero-order chi connectivity index (χ0) is 20.7. The molecule has 1 aliphatic rings. The van der Waals surface area contributed by atoms with Crippen LogP contribution in [-0.2, 0) is 19.6 Å². The highest BCUT2D eigenvalue weighted by Gasteiger charge is 2.24. The van der Waals surface area contributed by atoms with E-state index in [1.807, 2.05) is 18.4 Å². The number of morpholine rings is 1. The molecule has 1 amide bonds. The monoisotopic (exact) mass is 437 g/mol. The molecule has 9 heteroatoms. The van der Waals surface area contributed by atoms with Crippen LogP contribution in [0.4, 0.5) is 0 Å². The Morgan fingerprint density at radius 2 is 1.93 bits per heavy atom. The first kappa shape index (κ1) is 21.9. The van der Waals surface area contributed by atoms with Gasteiger partial charge in [0.15, 0.2) is 0 Å². The summed E-state index contributed by atoms with van der Waals surface area (Å²) in [4.78, 5) is 16.0. The van der Waals surface area contributed by atoms with Crippen molar-refractivity contribution in [3.63, 3.8) is 0 Å². The average Bonchev–Trinajstić information content (AvgIpc) is 3.24. The van der Waals surface area contributed by atoms with Crippen LogP contribution in [0, 0.1) is 6.92 Å². The van der Waals surface area contributed by atoms with Gasteiger partial charge in [-0.3, -0.25) is 9.69 Å². The zero-order valence-electron chi connectivity index (χ0n) is 16.5. The fourth-order valence-electron chi connectivity index (χ4n) is 3.18. The van der Waals surface area contributed by atoms with Gasteiger partial charge >= 0.3 is 0 Å². The Hall–Kier alpha value is -1.78. The summed E-state index contributed by atoms with van der Waals surface area (Å²) in [5.74, 6) is -0.175. The summed E-state index contributed by atoms with van der Waals surface area (Å²) >= 11 is 1.67. The summed E-state index contributed by atoms with van der Waals surface area (Å²) in [5.41, 5.74) is 0.990. The summed E-state index contributed by atoms with van der Waals surface area (Å²) < 4.78 is 32.5. The third-order valence-corrected chi connectivity index (χ3v) is 7.28. The Morgan fingerprint density at radius 3 is 2.59 bits per heavy atom. The molecule has 29 heavy (non-hydrogen) atoms. The quantitative estimate of drug-likeness (QED) is 0.626. The topological polar surface area (TPSA) is 87.7 Å². The number of nitrogens with one attached hydrogen (secondary N) is 2. The fourth-order valence-corrected chi connectivity index (χ4v) is 5.07. The fraction of sp³-hybridized carbons (Fsp3) is 0.450. The van der Waals surface area contributed by atoms with Gasteiger partial charge in [0.1, 0.15) is 0 Å². The second kappa shape index (κ2) is 10.3. The molecule has 1 fully saturated rings. The second-order valence-electron chi connectivity index (χ2n) is 6.94. The lowest BCUT2D eigenvalue weighted by Gasteiger charge is -2.34. The van der Waals surface area contributed by atoms with Crippen molar-refractivity contribution in [3.05, 3.63) is 52.2 Å².